The molecule has 0 bridgehead atoms. The zero-order valence-electron chi connectivity index (χ0n) is 10.2. The third kappa shape index (κ3) is 2.90. The lowest BCUT2D eigenvalue weighted by Crippen LogP contribution is -2.47. The van der Waals surface area contributed by atoms with Gasteiger partial charge in [0, 0.05) is 23.6 Å². The van der Waals surface area contributed by atoms with Crippen molar-refractivity contribution in [3.8, 4) is 0 Å². The summed E-state index contributed by atoms with van der Waals surface area (Å²) in [6.45, 7) is 1.41. The predicted octanol–water partition coefficient (Wildman–Crippen LogP) is 2.41. The van der Waals surface area contributed by atoms with Crippen molar-refractivity contribution in [1.82, 2.24) is 10.2 Å². The number of halogens is 2. The lowest BCUT2D eigenvalue weighted by atomic mass is 10.0. The molecule has 1 aliphatic heterocycles. The summed E-state index contributed by atoms with van der Waals surface area (Å²) in [4.78, 5) is 14.1. The topological polar surface area (TPSA) is 32.3 Å². The molecule has 0 unspecified atom stereocenters. The maximum Gasteiger partial charge on any atom is 0.255 e. The quantitative estimate of drug-likeness (QED) is 0.909. The van der Waals surface area contributed by atoms with Gasteiger partial charge in [0.15, 0.2) is 0 Å². The fourth-order valence-electron chi connectivity index (χ4n) is 2.23. The second-order valence-electron chi connectivity index (χ2n) is 4.50. The molecule has 18 heavy (non-hydrogen) atoms. The Balaban J connectivity index is 2.17. The number of amides is 1. The molecule has 1 N–H and O–H groups in total. The van der Waals surface area contributed by atoms with E-state index in [9.17, 15) is 9.18 Å². The number of piperidine rings is 1. The van der Waals surface area contributed by atoms with Gasteiger partial charge in [-0.05, 0) is 54.0 Å². The number of hydrogen-bond acceptors (Lipinski definition) is 2. The van der Waals surface area contributed by atoms with Crippen LogP contribution in [0, 0.1) is 5.82 Å². The highest BCUT2D eigenvalue weighted by Gasteiger charge is 2.24. The molecule has 1 aromatic carbocycles. The van der Waals surface area contributed by atoms with E-state index in [1.54, 1.807) is 11.0 Å². The van der Waals surface area contributed by atoms with Crippen LogP contribution in [0.1, 0.15) is 23.2 Å². The fourth-order valence-corrected chi connectivity index (χ4v) is 2.65. The lowest BCUT2D eigenvalue weighted by molar-refractivity contribution is 0.0697. The maximum atomic E-state index is 13.2. The van der Waals surface area contributed by atoms with E-state index in [0.29, 0.717) is 22.6 Å². The largest absolute Gasteiger partial charge is 0.337 e. The lowest BCUT2D eigenvalue weighted by Gasteiger charge is -2.32. The van der Waals surface area contributed by atoms with Crippen molar-refractivity contribution in [2.75, 3.05) is 20.1 Å². The summed E-state index contributed by atoms with van der Waals surface area (Å²) < 4.78 is 13.9. The minimum atomic E-state index is -0.385. The first-order valence-corrected chi connectivity index (χ1v) is 6.82. The first kappa shape index (κ1) is 13.5. The van der Waals surface area contributed by atoms with Gasteiger partial charge in [0.1, 0.15) is 5.82 Å². The number of carbonyl (C=O) groups excluding carboxylic acids is 1. The highest BCUT2D eigenvalue weighted by atomic mass is 79.9. The minimum absolute atomic E-state index is 0.110. The normalized spacial score (nSPS) is 19.9. The monoisotopic (exact) mass is 314 g/mol. The zero-order valence-corrected chi connectivity index (χ0v) is 11.8. The summed E-state index contributed by atoms with van der Waals surface area (Å²) in [5.41, 5.74) is 0.395. The molecule has 1 heterocycles. The van der Waals surface area contributed by atoms with Gasteiger partial charge in [0.2, 0.25) is 0 Å². The Morgan fingerprint density at radius 3 is 3.06 bits per heavy atom. The summed E-state index contributed by atoms with van der Waals surface area (Å²) in [5.74, 6) is -0.495. The van der Waals surface area contributed by atoms with E-state index in [1.807, 2.05) is 7.05 Å². The first-order chi connectivity index (χ1) is 8.61. The van der Waals surface area contributed by atoms with Crippen molar-refractivity contribution in [3.05, 3.63) is 34.1 Å². The van der Waals surface area contributed by atoms with E-state index in [2.05, 4.69) is 21.2 Å². The Labute approximate surface area is 114 Å². The molecule has 1 atom stereocenters. The highest BCUT2D eigenvalue weighted by molar-refractivity contribution is 9.10. The SMILES string of the molecule is CN[C@H]1CCCN(C(=O)c2cc(F)ccc2Br)C1. The molecule has 1 amide bonds. The van der Waals surface area contributed by atoms with Crippen molar-refractivity contribution < 1.29 is 9.18 Å². The molecule has 0 aromatic heterocycles. The van der Waals surface area contributed by atoms with Crippen LogP contribution in [-0.2, 0) is 0 Å². The molecule has 0 saturated carbocycles. The molecule has 0 spiro atoms. The minimum Gasteiger partial charge on any atom is -0.337 e. The molecule has 0 aliphatic carbocycles. The van der Waals surface area contributed by atoms with Crippen molar-refractivity contribution in [2.24, 2.45) is 0 Å². The number of likely N-dealkylation sites (tertiary alicyclic amines) is 1. The fraction of sp³-hybridized carbons (Fsp3) is 0.462. The first-order valence-electron chi connectivity index (χ1n) is 6.03. The summed E-state index contributed by atoms with van der Waals surface area (Å²) in [7, 11) is 1.90. The summed E-state index contributed by atoms with van der Waals surface area (Å²) in [5, 5.41) is 3.19. The van der Waals surface area contributed by atoms with Crippen LogP contribution in [-0.4, -0.2) is 37.0 Å². The van der Waals surface area contributed by atoms with Crippen molar-refractivity contribution in [3.63, 3.8) is 0 Å². The van der Waals surface area contributed by atoms with Crippen LogP contribution < -0.4 is 5.32 Å². The summed E-state index contributed by atoms with van der Waals surface area (Å²) in [6, 6.07) is 4.53. The van der Waals surface area contributed by atoms with Gasteiger partial charge in [-0.3, -0.25) is 4.79 Å². The van der Waals surface area contributed by atoms with Gasteiger partial charge in [0.25, 0.3) is 5.91 Å². The van der Waals surface area contributed by atoms with Gasteiger partial charge in [-0.15, -0.1) is 0 Å². The van der Waals surface area contributed by atoms with E-state index >= 15 is 0 Å². The van der Waals surface area contributed by atoms with Crippen LogP contribution in [0.4, 0.5) is 4.39 Å². The highest BCUT2D eigenvalue weighted by Crippen LogP contribution is 2.21. The third-order valence-corrected chi connectivity index (χ3v) is 3.97. The van der Waals surface area contributed by atoms with E-state index in [-0.39, 0.29) is 11.7 Å². The smallest absolute Gasteiger partial charge is 0.255 e. The summed E-state index contributed by atoms with van der Waals surface area (Å²) in [6.07, 6.45) is 2.05. The van der Waals surface area contributed by atoms with E-state index in [0.717, 1.165) is 19.4 Å². The molecule has 0 radical (unpaired) electrons. The average molecular weight is 315 g/mol. The van der Waals surface area contributed by atoms with Crippen LogP contribution in [0.5, 0.6) is 0 Å². The number of likely N-dealkylation sites (N-methyl/N-ethyl adjacent to an activating group) is 1. The number of nitrogens with zero attached hydrogens (tertiary/aromatic N) is 1. The molecule has 1 fully saturated rings. The number of carbonyl (C=O) groups is 1. The van der Waals surface area contributed by atoms with E-state index in [4.69, 9.17) is 0 Å². The second kappa shape index (κ2) is 5.80. The Kier molecular flexibility index (Phi) is 4.35. The Morgan fingerprint density at radius 2 is 2.33 bits per heavy atom. The van der Waals surface area contributed by atoms with Crippen molar-refractivity contribution >= 4 is 21.8 Å². The molecule has 1 aromatic rings. The van der Waals surface area contributed by atoms with Gasteiger partial charge >= 0.3 is 0 Å². The van der Waals surface area contributed by atoms with Crippen LogP contribution in [0.15, 0.2) is 22.7 Å². The molecular formula is C13H16BrFN2O. The third-order valence-electron chi connectivity index (χ3n) is 3.28. The van der Waals surface area contributed by atoms with Gasteiger partial charge in [-0.25, -0.2) is 4.39 Å². The van der Waals surface area contributed by atoms with Gasteiger partial charge < -0.3 is 10.2 Å². The summed E-state index contributed by atoms with van der Waals surface area (Å²) >= 11 is 3.30. The van der Waals surface area contributed by atoms with Gasteiger partial charge in [-0.2, -0.15) is 0 Å². The van der Waals surface area contributed by atoms with E-state index in [1.165, 1.54) is 12.1 Å². The van der Waals surface area contributed by atoms with Gasteiger partial charge in [0.05, 0.1) is 5.56 Å². The average Bonchev–Trinajstić information content (AvgIpc) is 2.41. The number of nitrogens with one attached hydrogen (secondary N) is 1. The molecule has 98 valence electrons. The van der Waals surface area contributed by atoms with Gasteiger partial charge in [-0.1, -0.05) is 0 Å². The van der Waals surface area contributed by atoms with Crippen LogP contribution >= 0.6 is 15.9 Å². The standard InChI is InChI=1S/C13H16BrFN2O/c1-16-10-3-2-6-17(8-10)13(18)11-7-9(15)4-5-12(11)14/h4-5,7,10,16H,2-3,6,8H2,1H3/t10-/m0/s1. The molecule has 5 heteroatoms. The molecule has 2 rings (SSSR count). The number of hydrogen-bond donors (Lipinski definition) is 1. The van der Waals surface area contributed by atoms with Crippen LogP contribution in [0.2, 0.25) is 0 Å². The zero-order chi connectivity index (χ0) is 13.1. The van der Waals surface area contributed by atoms with Crippen LogP contribution in [0.3, 0.4) is 0 Å². The van der Waals surface area contributed by atoms with Crippen LogP contribution in [0.25, 0.3) is 0 Å². The van der Waals surface area contributed by atoms with Crippen molar-refractivity contribution in [1.29, 1.82) is 0 Å². The Hall–Kier alpha value is -0.940. The maximum absolute atomic E-state index is 13.2. The predicted molar refractivity (Wildman–Crippen MR) is 72.1 cm³/mol. The van der Waals surface area contributed by atoms with Crippen molar-refractivity contribution in [2.45, 2.75) is 18.9 Å². The molecule has 1 aliphatic rings. The van der Waals surface area contributed by atoms with E-state index < -0.39 is 0 Å². The molecule has 3 nitrogen and oxygen atoms in total. The number of benzene rings is 1. The second-order valence-corrected chi connectivity index (χ2v) is 5.36. The Morgan fingerprint density at radius 1 is 1.56 bits per heavy atom. The number of rotatable bonds is 2. The molecular weight excluding hydrogens is 299 g/mol. The Bertz CT molecular complexity index is 453. The molecule has 1 saturated heterocycles.